The molecule has 4 heterocycles. The van der Waals surface area contributed by atoms with Crippen LogP contribution in [-0.4, -0.2) is 101 Å². The van der Waals surface area contributed by atoms with E-state index in [2.05, 4.69) is 87.8 Å². The number of unbranched alkanes of at least 4 members (excludes halogenated alkanes) is 5. The minimum absolute atomic E-state index is 0. The van der Waals surface area contributed by atoms with Crippen LogP contribution in [-0.2, 0) is 4.74 Å². The van der Waals surface area contributed by atoms with E-state index < -0.39 is 0 Å². The van der Waals surface area contributed by atoms with E-state index in [-0.39, 0.29) is 29.6 Å². The molecule has 0 saturated carbocycles. The number of rotatable bonds is 13. The Labute approximate surface area is 277 Å². The molecule has 0 aromatic carbocycles. The Morgan fingerprint density at radius 3 is 1.69 bits per heavy atom. The largest absolute Gasteiger partial charge is 0.378 e. The molecule has 1 aromatic heterocycles. The first-order chi connectivity index (χ1) is 20.5. The van der Waals surface area contributed by atoms with Gasteiger partial charge < -0.3 is 30.1 Å². The highest BCUT2D eigenvalue weighted by molar-refractivity contribution is 5.41. The number of aromatic nitrogens is 3. The van der Waals surface area contributed by atoms with Gasteiger partial charge >= 0.3 is 0 Å². The lowest BCUT2D eigenvalue weighted by Crippen LogP contribution is -2.62. The average molecular weight is 631 g/mol. The molecule has 3 aliphatic heterocycles. The Morgan fingerprint density at radius 1 is 0.689 bits per heavy atom. The van der Waals surface area contributed by atoms with E-state index in [0.29, 0.717) is 12.1 Å². The van der Waals surface area contributed by atoms with Crippen molar-refractivity contribution in [2.24, 2.45) is 0 Å². The third kappa shape index (κ3) is 11.6. The normalized spacial score (nSPS) is 23.1. The third-order valence-corrected chi connectivity index (χ3v) is 9.84. The Bertz CT molecular complexity index is 1020. The van der Waals surface area contributed by atoms with Crippen LogP contribution in [0, 0.1) is 6.92 Å². The zero-order valence-electron chi connectivity index (χ0n) is 30.1. The van der Waals surface area contributed by atoms with Gasteiger partial charge in [0.25, 0.3) is 0 Å². The van der Waals surface area contributed by atoms with Crippen LogP contribution in [0.5, 0.6) is 0 Å². The van der Waals surface area contributed by atoms with Crippen LogP contribution in [0.2, 0.25) is 0 Å². The first-order valence-corrected chi connectivity index (χ1v) is 17.6. The van der Waals surface area contributed by atoms with Crippen LogP contribution in [0.15, 0.2) is 0 Å². The summed E-state index contributed by atoms with van der Waals surface area (Å²) in [4.78, 5) is 22.2. The van der Waals surface area contributed by atoms with Crippen molar-refractivity contribution in [2.45, 2.75) is 168 Å². The van der Waals surface area contributed by atoms with Gasteiger partial charge in [-0.15, -0.1) is 0 Å². The number of nitrogens with zero attached hydrogens (tertiary/aromatic N) is 6. The standard InChI is InChI=1S/C35H66N8O.CH4/c1-27-36-30(42-19-21-44-22-20-42)38-31(37-27)43(29-25-34(6,7)40-35(8,9)26-29)18-16-14-12-11-13-15-17-41(10)28-23-32(2,3)39-33(4,5)24-28;/h28-29,39-40H,11-26H2,1-10H3;1H4. The van der Waals surface area contributed by atoms with E-state index in [1.165, 1.54) is 57.9 Å². The summed E-state index contributed by atoms with van der Waals surface area (Å²) in [5.41, 5.74) is 0.537. The summed E-state index contributed by atoms with van der Waals surface area (Å²) in [6.45, 7) is 26.1. The quantitative estimate of drug-likeness (QED) is 0.242. The van der Waals surface area contributed by atoms with Crippen molar-refractivity contribution in [3.8, 4) is 0 Å². The van der Waals surface area contributed by atoms with E-state index in [1.54, 1.807) is 0 Å². The van der Waals surface area contributed by atoms with Crippen LogP contribution in [0.1, 0.15) is 133 Å². The third-order valence-electron chi connectivity index (χ3n) is 9.84. The number of piperidine rings is 2. The Hall–Kier alpha value is -1.55. The maximum absolute atomic E-state index is 5.59. The van der Waals surface area contributed by atoms with Crippen molar-refractivity contribution >= 4 is 11.9 Å². The molecule has 0 aliphatic carbocycles. The van der Waals surface area contributed by atoms with Gasteiger partial charge in [0.2, 0.25) is 11.9 Å². The molecule has 9 nitrogen and oxygen atoms in total. The number of nitrogens with one attached hydrogen (secondary N) is 2. The summed E-state index contributed by atoms with van der Waals surface area (Å²) in [5, 5.41) is 7.70. The molecule has 3 fully saturated rings. The summed E-state index contributed by atoms with van der Waals surface area (Å²) in [6.07, 6.45) is 12.2. The van der Waals surface area contributed by atoms with Gasteiger partial charge in [0.05, 0.1) is 13.2 Å². The number of hydrogen-bond acceptors (Lipinski definition) is 9. The van der Waals surface area contributed by atoms with Crippen LogP contribution < -0.4 is 20.4 Å². The van der Waals surface area contributed by atoms with Crippen molar-refractivity contribution in [3.63, 3.8) is 0 Å². The summed E-state index contributed by atoms with van der Waals surface area (Å²) < 4.78 is 5.59. The molecule has 0 atom stereocenters. The highest BCUT2D eigenvalue weighted by Crippen LogP contribution is 2.34. The summed E-state index contributed by atoms with van der Waals surface area (Å²) in [7, 11) is 2.34. The molecule has 0 bridgehead atoms. The molecule has 260 valence electrons. The topological polar surface area (TPSA) is 81.7 Å². The number of anilines is 2. The van der Waals surface area contributed by atoms with Crippen molar-refractivity contribution in [1.82, 2.24) is 30.5 Å². The van der Waals surface area contributed by atoms with Crippen LogP contribution in [0.4, 0.5) is 11.9 Å². The van der Waals surface area contributed by atoms with Gasteiger partial charge in [-0.1, -0.05) is 33.1 Å². The molecule has 3 aliphatic rings. The molecule has 1 aromatic rings. The van der Waals surface area contributed by atoms with E-state index in [1.807, 2.05) is 6.92 Å². The summed E-state index contributed by atoms with van der Waals surface area (Å²) >= 11 is 0. The monoisotopic (exact) mass is 631 g/mol. The van der Waals surface area contributed by atoms with Crippen molar-refractivity contribution < 1.29 is 4.74 Å². The van der Waals surface area contributed by atoms with Crippen LogP contribution in [0.25, 0.3) is 0 Å². The number of hydrogen-bond donors (Lipinski definition) is 2. The number of aryl methyl sites for hydroxylation is 1. The van der Waals surface area contributed by atoms with Crippen molar-refractivity contribution in [1.29, 1.82) is 0 Å². The smallest absolute Gasteiger partial charge is 0.230 e. The Morgan fingerprint density at radius 2 is 1.16 bits per heavy atom. The van der Waals surface area contributed by atoms with Gasteiger partial charge in [0, 0.05) is 53.9 Å². The number of ether oxygens (including phenoxy) is 1. The predicted octanol–water partition coefficient (Wildman–Crippen LogP) is 6.35. The molecule has 4 rings (SSSR count). The minimum atomic E-state index is 0. The maximum atomic E-state index is 5.59. The lowest BCUT2D eigenvalue weighted by Gasteiger charge is -2.49. The van der Waals surface area contributed by atoms with Gasteiger partial charge in [0.15, 0.2) is 0 Å². The van der Waals surface area contributed by atoms with Gasteiger partial charge in [-0.05, 0) is 114 Å². The SMILES string of the molecule is C.Cc1nc(N2CCOCC2)nc(N(CCCCCCCCN(C)C2CC(C)(C)NC(C)(C)C2)C2CC(C)(C)NC(C)(C)C2)n1. The molecule has 0 spiro atoms. The van der Waals surface area contributed by atoms with Gasteiger partial charge in [0.1, 0.15) is 5.82 Å². The Kier molecular flexibility index (Phi) is 13.1. The first kappa shape index (κ1) is 37.9. The fourth-order valence-corrected chi connectivity index (χ4v) is 8.53. The molecule has 3 saturated heterocycles. The lowest BCUT2D eigenvalue weighted by molar-refractivity contribution is 0.0805. The molecule has 45 heavy (non-hydrogen) atoms. The highest BCUT2D eigenvalue weighted by Gasteiger charge is 2.41. The van der Waals surface area contributed by atoms with Gasteiger partial charge in [-0.3, -0.25) is 0 Å². The van der Waals surface area contributed by atoms with E-state index >= 15 is 0 Å². The predicted molar refractivity (Wildman–Crippen MR) is 191 cm³/mol. The average Bonchev–Trinajstić information content (AvgIpc) is 2.88. The molecule has 0 amide bonds. The minimum Gasteiger partial charge on any atom is -0.378 e. The molecular formula is C36H70N8O. The molecule has 9 heteroatoms. The van der Waals surface area contributed by atoms with E-state index in [9.17, 15) is 0 Å². The molecule has 2 N–H and O–H groups in total. The fourth-order valence-electron chi connectivity index (χ4n) is 8.53. The van der Waals surface area contributed by atoms with Crippen LogP contribution >= 0.6 is 0 Å². The van der Waals surface area contributed by atoms with Crippen molar-refractivity contribution in [3.05, 3.63) is 5.82 Å². The summed E-state index contributed by atoms with van der Waals surface area (Å²) in [6, 6.07) is 1.06. The second-order valence-corrected chi connectivity index (χ2v) is 16.8. The van der Waals surface area contributed by atoms with Crippen LogP contribution in [0.3, 0.4) is 0 Å². The van der Waals surface area contributed by atoms with E-state index in [0.717, 1.165) is 63.4 Å². The zero-order chi connectivity index (χ0) is 32.2. The van der Waals surface area contributed by atoms with Crippen molar-refractivity contribution in [2.75, 3.05) is 56.2 Å². The summed E-state index contributed by atoms with van der Waals surface area (Å²) in [5.74, 6) is 2.45. The lowest BCUT2D eigenvalue weighted by atomic mass is 9.79. The molecule has 0 unspecified atom stereocenters. The van der Waals surface area contributed by atoms with Gasteiger partial charge in [-0.2, -0.15) is 15.0 Å². The highest BCUT2D eigenvalue weighted by atomic mass is 16.5. The molecular weight excluding hydrogens is 560 g/mol. The molecule has 0 radical (unpaired) electrons. The first-order valence-electron chi connectivity index (χ1n) is 17.6. The second-order valence-electron chi connectivity index (χ2n) is 16.8. The zero-order valence-corrected chi connectivity index (χ0v) is 30.1. The number of morpholine rings is 1. The van der Waals surface area contributed by atoms with E-state index in [4.69, 9.17) is 19.7 Å². The fraction of sp³-hybridized carbons (Fsp3) is 0.917. The Balaban J connectivity index is 0.00000552. The van der Waals surface area contributed by atoms with Gasteiger partial charge in [-0.25, -0.2) is 0 Å². The second kappa shape index (κ2) is 15.6. The maximum Gasteiger partial charge on any atom is 0.230 e.